The normalized spacial score (nSPS) is 20.8. The number of aliphatic hydroxyl groups excluding tert-OH is 1. The summed E-state index contributed by atoms with van der Waals surface area (Å²) in [5.41, 5.74) is 0.0141. The number of hydrogen-bond donors (Lipinski definition) is 1. The van der Waals surface area contributed by atoms with Gasteiger partial charge in [-0.15, -0.1) is 0 Å². The minimum Gasteiger partial charge on any atom is -0.484 e. The zero-order chi connectivity index (χ0) is 18.5. The van der Waals surface area contributed by atoms with Crippen molar-refractivity contribution in [2.75, 3.05) is 0 Å². The Hall–Kier alpha value is -3.10. The summed E-state index contributed by atoms with van der Waals surface area (Å²) in [6.07, 6.45) is 0.700. The second-order valence-corrected chi connectivity index (χ2v) is 7.04. The van der Waals surface area contributed by atoms with E-state index in [9.17, 15) is 15.2 Å². The van der Waals surface area contributed by atoms with E-state index in [-0.39, 0.29) is 5.56 Å². The fourth-order valence-corrected chi connectivity index (χ4v) is 3.64. The molecule has 2 atom stereocenters. The van der Waals surface area contributed by atoms with Crippen LogP contribution in [0.1, 0.15) is 31.0 Å². The lowest BCUT2D eigenvalue weighted by Crippen LogP contribution is -2.52. The molecular formula is C21H18N2O3. The first kappa shape index (κ1) is 16.4. The van der Waals surface area contributed by atoms with Crippen molar-refractivity contribution in [2.24, 2.45) is 0 Å². The predicted octanol–water partition coefficient (Wildman–Crippen LogP) is 2.99. The molecule has 1 aromatic heterocycles. The van der Waals surface area contributed by atoms with E-state index in [1.165, 1.54) is 10.6 Å². The van der Waals surface area contributed by atoms with E-state index in [0.29, 0.717) is 16.9 Å². The molecule has 1 N–H and O–H groups in total. The van der Waals surface area contributed by atoms with Crippen LogP contribution in [0.25, 0.3) is 10.8 Å². The molecule has 130 valence electrons. The Morgan fingerprint density at radius 3 is 2.54 bits per heavy atom. The average Bonchev–Trinajstić information content (AvgIpc) is 2.63. The lowest BCUT2D eigenvalue weighted by Gasteiger charge is -2.43. The van der Waals surface area contributed by atoms with Crippen molar-refractivity contribution >= 4 is 10.8 Å². The summed E-state index contributed by atoms with van der Waals surface area (Å²) in [5, 5.41) is 22.2. The first-order valence-corrected chi connectivity index (χ1v) is 8.44. The fourth-order valence-electron chi connectivity index (χ4n) is 3.64. The number of benzene rings is 2. The van der Waals surface area contributed by atoms with Gasteiger partial charge in [0, 0.05) is 28.6 Å². The molecule has 2 heterocycles. The van der Waals surface area contributed by atoms with Crippen LogP contribution in [-0.2, 0) is 0 Å². The Morgan fingerprint density at radius 1 is 1.15 bits per heavy atom. The van der Waals surface area contributed by atoms with Crippen LogP contribution in [-0.4, -0.2) is 21.4 Å². The summed E-state index contributed by atoms with van der Waals surface area (Å²) in [7, 11) is 0. The molecular weight excluding hydrogens is 328 g/mol. The van der Waals surface area contributed by atoms with Gasteiger partial charge in [0.2, 0.25) is 0 Å². The molecule has 26 heavy (non-hydrogen) atoms. The molecule has 2 aromatic carbocycles. The lowest BCUT2D eigenvalue weighted by molar-refractivity contribution is -0.0632. The maximum absolute atomic E-state index is 12.4. The van der Waals surface area contributed by atoms with Crippen LogP contribution in [0, 0.1) is 11.3 Å². The maximum Gasteiger partial charge on any atom is 0.251 e. The van der Waals surface area contributed by atoms with Crippen LogP contribution in [0.15, 0.2) is 59.5 Å². The Labute approximate surface area is 150 Å². The van der Waals surface area contributed by atoms with Gasteiger partial charge >= 0.3 is 0 Å². The van der Waals surface area contributed by atoms with Crippen molar-refractivity contribution in [3.63, 3.8) is 0 Å². The Bertz CT molecular complexity index is 1110. The standard InChI is InChI=1S/C21H18N2O3/c1-21(2)20(25)18(23-10-6-5-9-17(23)24)16-11-13(12-22)14-7-3-4-8-15(14)19(16)26-21/h3-11,18,20,25H,1-2H3/t18-,20+/m1/s1. The highest BCUT2D eigenvalue weighted by atomic mass is 16.5. The number of nitriles is 1. The molecule has 3 aromatic rings. The Kier molecular flexibility index (Phi) is 3.60. The van der Waals surface area contributed by atoms with E-state index in [2.05, 4.69) is 6.07 Å². The third-order valence-corrected chi connectivity index (χ3v) is 4.99. The molecule has 1 aliphatic heterocycles. The van der Waals surface area contributed by atoms with Gasteiger partial charge in [0.1, 0.15) is 17.5 Å². The predicted molar refractivity (Wildman–Crippen MR) is 98.2 cm³/mol. The second kappa shape index (κ2) is 5.72. The Balaban J connectivity index is 2.10. The molecule has 0 saturated heterocycles. The summed E-state index contributed by atoms with van der Waals surface area (Å²) in [6.45, 7) is 3.60. The molecule has 0 spiro atoms. The zero-order valence-corrected chi connectivity index (χ0v) is 14.5. The van der Waals surface area contributed by atoms with Gasteiger partial charge < -0.3 is 14.4 Å². The van der Waals surface area contributed by atoms with Crippen molar-refractivity contribution in [1.82, 2.24) is 4.57 Å². The number of hydrogen-bond acceptors (Lipinski definition) is 4. The molecule has 4 rings (SSSR count). The van der Waals surface area contributed by atoms with Crippen molar-refractivity contribution in [1.29, 1.82) is 5.26 Å². The highest BCUT2D eigenvalue weighted by Gasteiger charge is 2.45. The molecule has 5 heteroatoms. The van der Waals surface area contributed by atoms with Gasteiger partial charge in [-0.1, -0.05) is 30.3 Å². The number of aromatic nitrogens is 1. The van der Waals surface area contributed by atoms with Gasteiger partial charge in [-0.05, 0) is 26.0 Å². The number of nitrogens with zero attached hydrogens (tertiary/aromatic N) is 2. The zero-order valence-electron chi connectivity index (χ0n) is 14.5. The van der Waals surface area contributed by atoms with E-state index in [1.807, 2.05) is 24.3 Å². The van der Waals surface area contributed by atoms with Crippen molar-refractivity contribution < 1.29 is 9.84 Å². The molecule has 0 fully saturated rings. The summed E-state index contributed by atoms with van der Waals surface area (Å²) >= 11 is 0. The van der Waals surface area contributed by atoms with Crippen molar-refractivity contribution in [3.05, 3.63) is 76.2 Å². The highest BCUT2D eigenvalue weighted by molar-refractivity contribution is 5.94. The van der Waals surface area contributed by atoms with Gasteiger partial charge in [0.25, 0.3) is 5.56 Å². The van der Waals surface area contributed by atoms with Crippen LogP contribution in [0.3, 0.4) is 0 Å². The monoisotopic (exact) mass is 346 g/mol. The summed E-state index contributed by atoms with van der Waals surface area (Å²) in [6, 6.07) is 15.7. The van der Waals surface area contributed by atoms with E-state index in [0.717, 1.165) is 10.8 Å². The van der Waals surface area contributed by atoms with Crippen molar-refractivity contribution in [3.8, 4) is 11.8 Å². The minimum atomic E-state index is -0.956. The van der Waals surface area contributed by atoms with Gasteiger partial charge in [0.15, 0.2) is 0 Å². The number of pyridine rings is 1. The molecule has 0 unspecified atom stereocenters. The summed E-state index contributed by atoms with van der Waals surface area (Å²) in [5.74, 6) is 0.607. The molecule has 1 aliphatic rings. The molecule has 0 aliphatic carbocycles. The number of ether oxygens (including phenoxy) is 1. The SMILES string of the molecule is CC1(C)Oc2c(cc(C#N)c3ccccc23)[C@@H](n2ccccc2=O)[C@@H]1O. The van der Waals surface area contributed by atoms with E-state index in [4.69, 9.17) is 4.74 Å². The number of rotatable bonds is 1. The largest absolute Gasteiger partial charge is 0.484 e. The van der Waals surface area contributed by atoms with Crippen LogP contribution in [0.2, 0.25) is 0 Å². The second-order valence-electron chi connectivity index (χ2n) is 7.04. The van der Waals surface area contributed by atoms with Crippen LogP contribution < -0.4 is 10.3 Å². The quantitative estimate of drug-likeness (QED) is 0.735. The fraction of sp³-hybridized carbons (Fsp3) is 0.238. The maximum atomic E-state index is 12.4. The van der Waals surface area contributed by atoms with Crippen LogP contribution in [0.5, 0.6) is 5.75 Å². The third kappa shape index (κ3) is 2.31. The first-order chi connectivity index (χ1) is 12.4. The van der Waals surface area contributed by atoms with E-state index >= 15 is 0 Å². The summed E-state index contributed by atoms with van der Waals surface area (Å²) < 4.78 is 7.66. The van der Waals surface area contributed by atoms with E-state index < -0.39 is 17.7 Å². The third-order valence-electron chi connectivity index (χ3n) is 4.99. The van der Waals surface area contributed by atoms with Crippen LogP contribution >= 0.6 is 0 Å². The van der Waals surface area contributed by atoms with Crippen molar-refractivity contribution in [2.45, 2.75) is 31.6 Å². The molecule has 0 radical (unpaired) electrons. The summed E-state index contributed by atoms with van der Waals surface area (Å²) in [4.78, 5) is 12.4. The van der Waals surface area contributed by atoms with E-state index in [1.54, 1.807) is 38.2 Å². The lowest BCUT2D eigenvalue weighted by atomic mass is 9.84. The minimum absolute atomic E-state index is 0.216. The smallest absolute Gasteiger partial charge is 0.251 e. The molecule has 5 nitrogen and oxygen atoms in total. The Morgan fingerprint density at radius 2 is 1.85 bits per heavy atom. The van der Waals surface area contributed by atoms with Gasteiger partial charge in [-0.2, -0.15) is 5.26 Å². The highest BCUT2D eigenvalue weighted by Crippen LogP contribution is 2.46. The average molecular weight is 346 g/mol. The molecule has 0 amide bonds. The van der Waals surface area contributed by atoms with Gasteiger partial charge in [-0.25, -0.2) is 0 Å². The number of aliphatic hydroxyl groups is 1. The molecule has 0 bridgehead atoms. The van der Waals surface area contributed by atoms with Gasteiger partial charge in [-0.3, -0.25) is 4.79 Å². The van der Waals surface area contributed by atoms with Gasteiger partial charge in [0.05, 0.1) is 17.7 Å². The first-order valence-electron chi connectivity index (χ1n) is 8.44. The molecule has 0 saturated carbocycles. The van der Waals surface area contributed by atoms with Crippen LogP contribution in [0.4, 0.5) is 0 Å². The topological polar surface area (TPSA) is 75.2 Å². The number of fused-ring (bicyclic) bond motifs is 3.